The Morgan fingerprint density at radius 2 is 1.93 bits per heavy atom. The third-order valence-electron chi connectivity index (χ3n) is 3.88. The lowest BCUT2D eigenvalue weighted by molar-refractivity contribution is -0.119. The standard InChI is InChI=1S/C19H23ClN2O4S/c1-4-26-18-8-6-5-7-15(18)12-21-19(23)13-22(27(3,24)25)17-11-16(20)10-9-14(17)2/h5-11H,4,12-13H2,1-3H3,(H,21,23). The summed E-state index contributed by atoms with van der Waals surface area (Å²) in [4.78, 5) is 12.4. The van der Waals surface area contributed by atoms with Crippen molar-refractivity contribution in [3.63, 3.8) is 0 Å². The Balaban J connectivity index is 2.15. The molecule has 0 saturated carbocycles. The van der Waals surface area contributed by atoms with E-state index in [4.69, 9.17) is 16.3 Å². The molecule has 0 aromatic heterocycles. The average Bonchev–Trinajstić information content (AvgIpc) is 2.60. The molecule has 0 spiro atoms. The van der Waals surface area contributed by atoms with Gasteiger partial charge in [0.15, 0.2) is 0 Å². The summed E-state index contributed by atoms with van der Waals surface area (Å²) < 4.78 is 31.0. The minimum atomic E-state index is -3.66. The molecule has 1 amide bonds. The summed E-state index contributed by atoms with van der Waals surface area (Å²) in [6, 6.07) is 12.3. The van der Waals surface area contributed by atoms with Gasteiger partial charge in [0.1, 0.15) is 12.3 Å². The Kier molecular flexibility index (Phi) is 7.10. The van der Waals surface area contributed by atoms with E-state index in [1.807, 2.05) is 31.2 Å². The van der Waals surface area contributed by atoms with E-state index in [1.54, 1.807) is 19.1 Å². The van der Waals surface area contributed by atoms with Gasteiger partial charge in [0.05, 0.1) is 18.6 Å². The normalized spacial score (nSPS) is 11.1. The molecule has 0 aliphatic rings. The van der Waals surface area contributed by atoms with Crippen LogP contribution < -0.4 is 14.4 Å². The van der Waals surface area contributed by atoms with Crippen LogP contribution in [0.5, 0.6) is 5.75 Å². The molecule has 2 aromatic carbocycles. The highest BCUT2D eigenvalue weighted by molar-refractivity contribution is 7.92. The van der Waals surface area contributed by atoms with Crippen molar-refractivity contribution < 1.29 is 17.9 Å². The molecule has 0 radical (unpaired) electrons. The van der Waals surface area contributed by atoms with E-state index in [0.29, 0.717) is 28.6 Å². The molecule has 27 heavy (non-hydrogen) atoms. The SMILES string of the molecule is CCOc1ccccc1CNC(=O)CN(c1cc(Cl)ccc1C)S(C)(=O)=O. The zero-order valence-electron chi connectivity index (χ0n) is 15.5. The van der Waals surface area contributed by atoms with Crippen molar-refractivity contribution in [1.29, 1.82) is 0 Å². The number of sulfonamides is 1. The number of benzene rings is 2. The topological polar surface area (TPSA) is 75.7 Å². The number of ether oxygens (including phenoxy) is 1. The number of para-hydroxylation sites is 1. The van der Waals surface area contributed by atoms with E-state index in [-0.39, 0.29) is 13.1 Å². The highest BCUT2D eigenvalue weighted by Crippen LogP contribution is 2.26. The molecular formula is C19H23ClN2O4S. The molecule has 8 heteroatoms. The number of anilines is 1. The molecule has 1 N–H and O–H groups in total. The smallest absolute Gasteiger partial charge is 0.241 e. The number of nitrogens with zero attached hydrogens (tertiary/aromatic N) is 1. The summed E-state index contributed by atoms with van der Waals surface area (Å²) in [6.07, 6.45) is 1.06. The van der Waals surface area contributed by atoms with Crippen LogP contribution in [-0.4, -0.2) is 33.7 Å². The summed E-state index contributed by atoms with van der Waals surface area (Å²) in [5.41, 5.74) is 1.91. The van der Waals surface area contributed by atoms with Crippen LogP contribution in [0.25, 0.3) is 0 Å². The van der Waals surface area contributed by atoms with E-state index < -0.39 is 15.9 Å². The van der Waals surface area contributed by atoms with Crippen molar-refractivity contribution in [2.24, 2.45) is 0 Å². The molecule has 146 valence electrons. The van der Waals surface area contributed by atoms with E-state index in [2.05, 4.69) is 5.32 Å². The van der Waals surface area contributed by atoms with Crippen molar-refractivity contribution >= 4 is 33.2 Å². The van der Waals surface area contributed by atoms with Crippen LogP contribution in [0.1, 0.15) is 18.1 Å². The van der Waals surface area contributed by atoms with Crippen molar-refractivity contribution in [2.75, 3.05) is 23.7 Å². The number of aryl methyl sites for hydroxylation is 1. The zero-order chi connectivity index (χ0) is 20.0. The fourth-order valence-corrected chi connectivity index (χ4v) is 3.63. The van der Waals surface area contributed by atoms with Gasteiger partial charge >= 0.3 is 0 Å². The van der Waals surface area contributed by atoms with Gasteiger partial charge in [-0.2, -0.15) is 0 Å². The average molecular weight is 411 g/mol. The van der Waals surface area contributed by atoms with E-state index in [0.717, 1.165) is 16.1 Å². The van der Waals surface area contributed by atoms with Crippen LogP contribution >= 0.6 is 11.6 Å². The Labute approximate surface area is 165 Å². The first-order valence-electron chi connectivity index (χ1n) is 8.43. The second-order valence-corrected chi connectivity index (χ2v) is 8.36. The zero-order valence-corrected chi connectivity index (χ0v) is 17.1. The fraction of sp³-hybridized carbons (Fsp3) is 0.316. The van der Waals surface area contributed by atoms with Gasteiger partial charge in [-0.15, -0.1) is 0 Å². The second-order valence-electron chi connectivity index (χ2n) is 6.02. The fourth-order valence-electron chi connectivity index (χ4n) is 2.56. The first-order valence-corrected chi connectivity index (χ1v) is 10.7. The monoisotopic (exact) mass is 410 g/mol. The van der Waals surface area contributed by atoms with E-state index in [1.165, 1.54) is 6.07 Å². The predicted octanol–water partition coefficient (Wildman–Crippen LogP) is 3.13. The van der Waals surface area contributed by atoms with Crippen molar-refractivity contribution in [3.05, 3.63) is 58.6 Å². The van der Waals surface area contributed by atoms with Gasteiger partial charge in [-0.1, -0.05) is 35.9 Å². The number of hydrogen-bond acceptors (Lipinski definition) is 4. The number of carbonyl (C=O) groups excluding carboxylic acids is 1. The van der Waals surface area contributed by atoms with Gasteiger partial charge in [0.2, 0.25) is 15.9 Å². The number of nitrogens with one attached hydrogen (secondary N) is 1. The summed E-state index contributed by atoms with van der Waals surface area (Å²) in [5.74, 6) is 0.261. The molecule has 0 atom stereocenters. The quantitative estimate of drug-likeness (QED) is 0.725. The lowest BCUT2D eigenvalue weighted by atomic mass is 10.2. The summed E-state index contributed by atoms with van der Waals surface area (Å²) in [5, 5.41) is 3.14. The molecule has 0 saturated heterocycles. The highest BCUT2D eigenvalue weighted by Gasteiger charge is 2.22. The summed E-state index contributed by atoms with van der Waals surface area (Å²) in [7, 11) is -3.66. The number of halogens is 1. The first-order chi connectivity index (χ1) is 12.7. The molecule has 6 nitrogen and oxygen atoms in total. The lowest BCUT2D eigenvalue weighted by Gasteiger charge is -2.24. The minimum absolute atomic E-state index is 0.237. The molecule has 0 bridgehead atoms. The molecule has 0 fully saturated rings. The molecule has 0 unspecified atom stereocenters. The van der Waals surface area contributed by atoms with Crippen molar-refractivity contribution in [1.82, 2.24) is 5.32 Å². The lowest BCUT2D eigenvalue weighted by Crippen LogP contribution is -2.40. The molecule has 2 rings (SSSR count). The van der Waals surface area contributed by atoms with Gasteiger partial charge < -0.3 is 10.1 Å². The van der Waals surface area contributed by atoms with Crippen LogP contribution in [0, 0.1) is 6.92 Å². The Morgan fingerprint density at radius 3 is 2.59 bits per heavy atom. The van der Waals surface area contributed by atoms with Crippen LogP contribution in [0.4, 0.5) is 5.69 Å². The van der Waals surface area contributed by atoms with E-state index >= 15 is 0 Å². The molecule has 0 heterocycles. The van der Waals surface area contributed by atoms with Gasteiger partial charge in [-0.3, -0.25) is 9.10 Å². The molecule has 2 aromatic rings. The van der Waals surface area contributed by atoms with Crippen molar-refractivity contribution in [2.45, 2.75) is 20.4 Å². The Bertz CT molecular complexity index is 916. The Hall–Kier alpha value is -2.25. The number of carbonyl (C=O) groups is 1. The van der Waals surface area contributed by atoms with Gasteiger partial charge in [0, 0.05) is 17.1 Å². The van der Waals surface area contributed by atoms with Crippen LogP contribution in [-0.2, 0) is 21.4 Å². The minimum Gasteiger partial charge on any atom is -0.494 e. The summed E-state index contributed by atoms with van der Waals surface area (Å²) in [6.45, 7) is 4.06. The van der Waals surface area contributed by atoms with Crippen LogP contribution in [0.2, 0.25) is 5.02 Å². The molecule has 0 aliphatic heterocycles. The van der Waals surface area contributed by atoms with Crippen molar-refractivity contribution in [3.8, 4) is 5.75 Å². The van der Waals surface area contributed by atoms with Gasteiger partial charge in [-0.05, 0) is 37.6 Å². The maximum Gasteiger partial charge on any atom is 0.241 e. The van der Waals surface area contributed by atoms with E-state index in [9.17, 15) is 13.2 Å². The third-order valence-corrected chi connectivity index (χ3v) is 5.24. The maximum absolute atomic E-state index is 12.4. The van der Waals surface area contributed by atoms with Crippen LogP contribution in [0.3, 0.4) is 0 Å². The number of rotatable bonds is 8. The third kappa shape index (κ3) is 5.87. The van der Waals surface area contributed by atoms with Gasteiger partial charge in [0.25, 0.3) is 0 Å². The number of amides is 1. The Morgan fingerprint density at radius 1 is 1.22 bits per heavy atom. The predicted molar refractivity (Wildman–Crippen MR) is 108 cm³/mol. The molecular weight excluding hydrogens is 388 g/mol. The molecule has 0 aliphatic carbocycles. The first kappa shape index (κ1) is 21.1. The highest BCUT2D eigenvalue weighted by atomic mass is 35.5. The largest absolute Gasteiger partial charge is 0.494 e. The maximum atomic E-state index is 12.4. The second kappa shape index (κ2) is 9.10. The number of hydrogen-bond donors (Lipinski definition) is 1. The summed E-state index contributed by atoms with van der Waals surface area (Å²) >= 11 is 6.00. The van der Waals surface area contributed by atoms with Crippen LogP contribution in [0.15, 0.2) is 42.5 Å². The van der Waals surface area contributed by atoms with Gasteiger partial charge in [-0.25, -0.2) is 8.42 Å².